The molecule has 0 aliphatic heterocycles. The van der Waals surface area contributed by atoms with Crippen LogP contribution in [0.3, 0.4) is 0 Å². The molecule has 94 valence electrons. The minimum absolute atomic E-state index is 0.0674. The van der Waals surface area contributed by atoms with Crippen molar-refractivity contribution in [1.29, 1.82) is 0 Å². The monoisotopic (exact) mass is 244 g/mol. The summed E-state index contributed by atoms with van der Waals surface area (Å²) in [6.07, 6.45) is 3.27. The van der Waals surface area contributed by atoms with Crippen LogP contribution >= 0.6 is 0 Å². The van der Waals surface area contributed by atoms with Crippen molar-refractivity contribution >= 4 is 5.97 Å². The van der Waals surface area contributed by atoms with Gasteiger partial charge in [-0.2, -0.15) is 0 Å². The van der Waals surface area contributed by atoms with Crippen LogP contribution < -0.4 is 0 Å². The van der Waals surface area contributed by atoms with Crippen LogP contribution in [-0.2, 0) is 11.3 Å². The SMILES string of the molecule is Cc1cc(C)c(-c2cncn2CC(=O)O)c(C)c1. The van der Waals surface area contributed by atoms with Gasteiger partial charge in [-0.25, -0.2) is 4.98 Å². The lowest BCUT2D eigenvalue weighted by atomic mass is 9.97. The van der Waals surface area contributed by atoms with Gasteiger partial charge in [-0.15, -0.1) is 0 Å². The van der Waals surface area contributed by atoms with Crippen molar-refractivity contribution in [1.82, 2.24) is 9.55 Å². The summed E-state index contributed by atoms with van der Waals surface area (Å²) in [5.74, 6) is -0.864. The largest absolute Gasteiger partial charge is 0.480 e. The standard InChI is InChI=1S/C14H16N2O2/c1-9-4-10(2)14(11(3)5-9)12-6-15-8-16(12)7-13(17)18/h4-6,8H,7H2,1-3H3,(H,17,18). The predicted molar refractivity (Wildman–Crippen MR) is 69.5 cm³/mol. The first-order chi connectivity index (χ1) is 8.49. The molecule has 0 bridgehead atoms. The van der Waals surface area contributed by atoms with Crippen molar-refractivity contribution in [3.05, 3.63) is 41.3 Å². The van der Waals surface area contributed by atoms with Crippen LogP contribution in [0.4, 0.5) is 0 Å². The molecule has 0 radical (unpaired) electrons. The fraction of sp³-hybridized carbons (Fsp3) is 0.286. The number of carbonyl (C=O) groups is 1. The molecule has 0 saturated carbocycles. The Morgan fingerprint density at radius 3 is 2.44 bits per heavy atom. The maximum atomic E-state index is 10.8. The molecule has 0 saturated heterocycles. The van der Waals surface area contributed by atoms with Crippen LogP contribution in [0.15, 0.2) is 24.7 Å². The molecule has 4 nitrogen and oxygen atoms in total. The molecule has 0 spiro atoms. The fourth-order valence-corrected chi connectivity index (χ4v) is 2.38. The van der Waals surface area contributed by atoms with E-state index in [0.717, 1.165) is 22.4 Å². The van der Waals surface area contributed by atoms with E-state index in [-0.39, 0.29) is 6.54 Å². The van der Waals surface area contributed by atoms with Gasteiger partial charge in [0.05, 0.1) is 18.2 Å². The molecule has 0 atom stereocenters. The van der Waals surface area contributed by atoms with E-state index in [1.807, 2.05) is 13.8 Å². The normalized spacial score (nSPS) is 10.6. The molecule has 1 heterocycles. The summed E-state index contributed by atoms with van der Waals surface area (Å²) in [5.41, 5.74) is 5.41. The summed E-state index contributed by atoms with van der Waals surface area (Å²) in [7, 11) is 0. The lowest BCUT2D eigenvalue weighted by molar-refractivity contribution is -0.137. The zero-order chi connectivity index (χ0) is 13.3. The Labute approximate surface area is 106 Å². The first-order valence-electron chi connectivity index (χ1n) is 5.79. The number of aromatic nitrogens is 2. The quantitative estimate of drug-likeness (QED) is 0.902. The van der Waals surface area contributed by atoms with Crippen molar-refractivity contribution in [3.8, 4) is 11.3 Å². The van der Waals surface area contributed by atoms with Gasteiger partial charge in [0.15, 0.2) is 0 Å². The maximum Gasteiger partial charge on any atom is 0.323 e. The van der Waals surface area contributed by atoms with E-state index >= 15 is 0 Å². The molecule has 4 heteroatoms. The summed E-state index contributed by atoms with van der Waals surface area (Å²) < 4.78 is 1.66. The number of aryl methyl sites for hydroxylation is 3. The molecule has 1 N–H and O–H groups in total. The van der Waals surface area contributed by atoms with Gasteiger partial charge in [0.25, 0.3) is 0 Å². The number of aliphatic carboxylic acids is 1. The Bertz CT molecular complexity index is 577. The highest BCUT2D eigenvalue weighted by atomic mass is 16.4. The van der Waals surface area contributed by atoms with Gasteiger partial charge in [0.2, 0.25) is 0 Å². The predicted octanol–water partition coefficient (Wildman–Crippen LogP) is 2.56. The third-order valence-corrected chi connectivity index (χ3v) is 2.95. The zero-order valence-electron chi connectivity index (χ0n) is 10.8. The maximum absolute atomic E-state index is 10.8. The molecule has 2 aromatic rings. The van der Waals surface area contributed by atoms with Gasteiger partial charge in [0, 0.05) is 5.56 Å². The smallest absolute Gasteiger partial charge is 0.323 e. The van der Waals surface area contributed by atoms with Gasteiger partial charge in [-0.05, 0) is 31.9 Å². The Balaban J connectivity index is 2.56. The molecular formula is C14H16N2O2. The van der Waals surface area contributed by atoms with E-state index in [1.54, 1.807) is 17.1 Å². The number of nitrogens with zero attached hydrogens (tertiary/aromatic N) is 2. The van der Waals surface area contributed by atoms with Crippen LogP contribution in [-0.4, -0.2) is 20.6 Å². The topological polar surface area (TPSA) is 55.1 Å². The fourth-order valence-electron chi connectivity index (χ4n) is 2.38. The molecule has 0 fully saturated rings. The number of benzene rings is 1. The summed E-state index contributed by atoms with van der Waals surface area (Å²) in [5, 5.41) is 8.89. The van der Waals surface area contributed by atoms with E-state index in [4.69, 9.17) is 5.11 Å². The van der Waals surface area contributed by atoms with Crippen LogP contribution in [0, 0.1) is 20.8 Å². The highest BCUT2D eigenvalue weighted by Crippen LogP contribution is 2.28. The van der Waals surface area contributed by atoms with Crippen molar-refractivity contribution in [2.75, 3.05) is 0 Å². The number of hydrogen-bond acceptors (Lipinski definition) is 2. The summed E-state index contributed by atoms with van der Waals surface area (Å²) in [6.45, 7) is 6.06. The molecule has 0 aliphatic rings. The molecule has 0 unspecified atom stereocenters. The lowest BCUT2D eigenvalue weighted by Crippen LogP contribution is -2.09. The van der Waals surface area contributed by atoms with Crippen molar-refractivity contribution in [2.45, 2.75) is 27.3 Å². The molecule has 0 amide bonds. The number of rotatable bonds is 3. The second kappa shape index (κ2) is 4.64. The number of carboxylic acid groups (broad SMARTS) is 1. The van der Waals surface area contributed by atoms with E-state index in [1.165, 1.54) is 5.56 Å². The average Bonchev–Trinajstić information content (AvgIpc) is 2.63. The van der Waals surface area contributed by atoms with Crippen LogP contribution in [0.5, 0.6) is 0 Å². The molecule has 18 heavy (non-hydrogen) atoms. The summed E-state index contributed by atoms with van der Waals surface area (Å²) >= 11 is 0. The summed E-state index contributed by atoms with van der Waals surface area (Å²) in [4.78, 5) is 14.9. The third-order valence-electron chi connectivity index (χ3n) is 2.95. The van der Waals surface area contributed by atoms with Gasteiger partial charge in [-0.3, -0.25) is 4.79 Å². The Kier molecular flexibility index (Phi) is 3.19. The average molecular weight is 244 g/mol. The lowest BCUT2D eigenvalue weighted by Gasteiger charge is -2.12. The van der Waals surface area contributed by atoms with Crippen LogP contribution in [0.25, 0.3) is 11.3 Å². The van der Waals surface area contributed by atoms with Crippen molar-refractivity contribution in [2.24, 2.45) is 0 Å². The van der Waals surface area contributed by atoms with E-state index in [9.17, 15) is 4.79 Å². The van der Waals surface area contributed by atoms with Gasteiger partial charge >= 0.3 is 5.97 Å². The first-order valence-corrected chi connectivity index (χ1v) is 5.79. The van der Waals surface area contributed by atoms with Gasteiger partial charge < -0.3 is 9.67 Å². The number of hydrogen-bond donors (Lipinski definition) is 1. The molecule has 0 aliphatic carbocycles. The second-order valence-electron chi connectivity index (χ2n) is 4.57. The number of carboxylic acids is 1. The first kappa shape index (κ1) is 12.4. The Morgan fingerprint density at radius 1 is 1.28 bits per heavy atom. The van der Waals surface area contributed by atoms with E-state index in [0.29, 0.717) is 0 Å². The molecule has 1 aromatic carbocycles. The molecule has 1 aromatic heterocycles. The highest BCUT2D eigenvalue weighted by Gasteiger charge is 2.12. The summed E-state index contributed by atoms with van der Waals surface area (Å²) in [6, 6.07) is 4.20. The van der Waals surface area contributed by atoms with E-state index < -0.39 is 5.97 Å². The van der Waals surface area contributed by atoms with Crippen molar-refractivity contribution in [3.63, 3.8) is 0 Å². The minimum atomic E-state index is -0.864. The zero-order valence-corrected chi connectivity index (χ0v) is 10.8. The van der Waals surface area contributed by atoms with Crippen LogP contribution in [0.1, 0.15) is 16.7 Å². The second-order valence-corrected chi connectivity index (χ2v) is 4.57. The Morgan fingerprint density at radius 2 is 1.89 bits per heavy atom. The van der Waals surface area contributed by atoms with Gasteiger partial charge in [0.1, 0.15) is 6.54 Å². The minimum Gasteiger partial charge on any atom is -0.480 e. The third kappa shape index (κ3) is 2.27. The van der Waals surface area contributed by atoms with E-state index in [2.05, 4.69) is 24.0 Å². The van der Waals surface area contributed by atoms with Crippen molar-refractivity contribution < 1.29 is 9.90 Å². The highest BCUT2D eigenvalue weighted by molar-refractivity contribution is 5.71. The molecular weight excluding hydrogens is 228 g/mol. The molecule has 2 rings (SSSR count). The number of imidazole rings is 1. The van der Waals surface area contributed by atoms with Crippen LogP contribution in [0.2, 0.25) is 0 Å². The Hall–Kier alpha value is -2.10. The van der Waals surface area contributed by atoms with Gasteiger partial charge in [-0.1, -0.05) is 17.7 Å².